The summed E-state index contributed by atoms with van der Waals surface area (Å²) < 4.78 is 18.8. The van der Waals surface area contributed by atoms with Crippen molar-refractivity contribution in [3.8, 4) is 5.75 Å². The molecular formula is C13H14ClFN2OS. The highest BCUT2D eigenvalue weighted by Gasteiger charge is 2.14. The summed E-state index contributed by atoms with van der Waals surface area (Å²) in [5.41, 5.74) is 6.09. The van der Waals surface area contributed by atoms with Crippen molar-refractivity contribution in [1.82, 2.24) is 0 Å². The van der Waals surface area contributed by atoms with Crippen molar-refractivity contribution < 1.29 is 9.13 Å². The Morgan fingerprint density at radius 2 is 2.26 bits per heavy atom. The normalized spacial score (nSPS) is 12.2. The molecule has 2 aromatic rings. The molecule has 0 radical (unpaired) electrons. The molecule has 1 heterocycles. The summed E-state index contributed by atoms with van der Waals surface area (Å²) in [6, 6.07) is 6.18. The fraction of sp³-hybridized carbons (Fsp3) is 0.231. The smallest absolute Gasteiger partial charge is 0.146 e. The van der Waals surface area contributed by atoms with E-state index in [1.54, 1.807) is 12.1 Å². The van der Waals surface area contributed by atoms with Crippen LogP contribution in [0.15, 0.2) is 29.6 Å². The maximum atomic E-state index is 13.7. The van der Waals surface area contributed by atoms with Gasteiger partial charge in [0.15, 0.2) is 0 Å². The molecule has 2 rings (SSSR count). The molecule has 19 heavy (non-hydrogen) atoms. The van der Waals surface area contributed by atoms with E-state index in [2.05, 4.69) is 5.32 Å². The van der Waals surface area contributed by atoms with Crippen LogP contribution in [-0.2, 0) is 0 Å². The lowest BCUT2D eigenvalue weighted by atomic mass is 10.2. The van der Waals surface area contributed by atoms with Crippen LogP contribution < -0.4 is 15.8 Å². The molecule has 3 N–H and O–H groups in total. The molecule has 0 aliphatic rings. The molecule has 0 saturated heterocycles. The molecule has 0 fully saturated rings. The van der Waals surface area contributed by atoms with Gasteiger partial charge in [-0.1, -0.05) is 11.6 Å². The summed E-state index contributed by atoms with van der Waals surface area (Å²) in [5.74, 6) is 0.241. The van der Waals surface area contributed by atoms with E-state index in [4.69, 9.17) is 22.1 Å². The molecule has 6 heteroatoms. The Kier molecular flexibility index (Phi) is 4.63. The number of nitrogens with one attached hydrogen (secondary N) is 1. The quantitative estimate of drug-likeness (QED) is 0.886. The Bertz CT molecular complexity index is 561. The van der Waals surface area contributed by atoms with Crippen LogP contribution in [0, 0.1) is 5.82 Å². The molecule has 0 bridgehead atoms. The number of rotatable bonds is 5. The molecule has 1 aromatic carbocycles. The standard InChI is InChI=1S/C13H14ClFN2OS/c1-18-9-2-3-10(15)11(5-9)17-12(6-16)13-4-8(14)7-19-13/h2-5,7,12,17H,6,16H2,1H3. The number of thiophene rings is 1. The van der Waals surface area contributed by atoms with Crippen molar-refractivity contribution in [1.29, 1.82) is 0 Å². The maximum absolute atomic E-state index is 13.7. The number of anilines is 1. The summed E-state index contributed by atoms with van der Waals surface area (Å²) in [6.45, 7) is 0.341. The van der Waals surface area contributed by atoms with Crippen LogP contribution in [0.4, 0.5) is 10.1 Å². The van der Waals surface area contributed by atoms with Gasteiger partial charge in [-0.25, -0.2) is 4.39 Å². The Balaban J connectivity index is 2.23. The third-order valence-corrected chi connectivity index (χ3v) is 4.06. The van der Waals surface area contributed by atoms with Gasteiger partial charge in [-0.3, -0.25) is 0 Å². The van der Waals surface area contributed by atoms with Gasteiger partial charge in [0.1, 0.15) is 11.6 Å². The van der Waals surface area contributed by atoms with Gasteiger partial charge in [-0.05, 0) is 18.2 Å². The monoisotopic (exact) mass is 300 g/mol. The van der Waals surface area contributed by atoms with Crippen LogP contribution in [0.2, 0.25) is 5.02 Å². The highest BCUT2D eigenvalue weighted by Crippen LogP contribution is 2.29. The van der Waals surface area contributed by atoms with Crippen molar-refractivity contribution in [3.63, 3.8) is 0 Å². The van der Waals surface area contributed by atoms with Crippen molar-refractivity contribution >= 4 is 28.6 Å². The molecule has 0 aliphatic carbocycles. The summed E-state index contributed by atoms with van der Waals surface area (Å²) in [7, 11) is 1.54. The Labute approximate surface area is 120 Å². The van der Waals surface area contributed by atoms with Gasteiger partial charge in [0.05, 0.1) is 23.9 Å². The lowest BCUT2D eigenvalue weighted by molar-refractivity contribution is 0.414. The van der Waals surface area contributed by atoms with Crippen molar-refractivity contribution in [2.45, 2.75) is 6.04 Å². The first-order valence-corrected chi connectivity index (χ1v) is 6.94. The summed E-state index contributed by atoms with van der Waals surface area (Å²) in [4.78, 5) is 0.967. The summed E-state index contributed by atoms with van der Waals surface area (Å²) >= 11 is 7.38. The van der Waals surface area contributed by atoms with Gasteiger partial charge in [0.25, 0.3) is 0 Å². The zero-order valence-electron chi connectivity index (χ0n) is 10.3. The number of ether oxygens (including phenoxy) is 1. The molecule has 1 aromatic heterocycles. The van der Waals surface area contributed by atoms with Gasteiger partial charge in [-0.2, -0.15) is 0 Å². The van der Waals surface area contributed by atoms with E-state index in [0.29, 0.717) is 23.0 Å². The topological polar surface area (TPSA) is 47.3 Å². The first-order valence-electron chi connectivity index (χ1n) is 5.68. The fourth-order valence-corrected chi connectivity index (χ4v) is 2.83. The van der Waals surface area contributed by atoms with E-state index in [0.717, 1.165) is 4.88 Å². The number of methoxy groups -OCH3 is 1. The summed E-state index contributed by atoms with van der Waals surface area (Å²) in [5, 5.41) is 5.55. The SMILES string of the molecule is COc1ccc(F)c(NC(CN)c2cc(Cl)cs2)c1. The predicted molar refractivity (Wildman–Crippen MR) is 77.7 cm³/mol. The Morgan fingerprint density at radius 1 is 1.47 bits per heavy atom. The third kappa shape index (κ3) is 3.37. The van der Waals surface area contributed by atoms with Crippen LogP contribution in [0.25, 0.3) is 0 Å². The molecule has 102 valence electrons. The molecule has 0 spiro atoms. The van der Waals surface area contributed by atoms with E-state index < -0.39 is 0 Å². The Hall–Kier alpha value is -1.30. The van der Waals surface area contributed by atoms with Gasteiger partial charge >= 0.3 is 0 Å². The highest BCUT2D eigenvalue weighted by atomic mass is 35.5. The molecular weight excluding hydrogens is 287 g/mol. The van der Waals surface area contributed by atoms with E-state index in [-0.39, 0.29) is 11.9 Å². The number of benzene rings is 1. The largest absolute Gasteiger partial charge is 0.497 e. The van der Waals surface area contributed by atoms with Crippen LogP contribution in [0.5, 0.6) is 5.75 Å². The van der Waals surface area contributed by atoms with Crippen LogP contribution in [0.3, 0.4) is 0 Å². The number of hydrogen-bond acceptors (Lipinski definition) is 4. The second-order valence-corrected chi connectivity index (χ2v) is 5.32. The second-order valence-electron chi connectivity index (χ2n) is 3.95. The lowest BCUT2D eigenvalue weighted by Crippen LogP contribution is -2.20. The summed E-state index contributed by atoms with van der Waals surface area (Å²) in [6.07, 6.45) is 0. The highest BCUT2D eigenvalue weighted by molar-refractivity contribution is 7.10. The first-order chi connectivity index (χ1) is 9.13. The predicted octanol–water partition coefficient (Wildman–Crippen LogP) is 3.66. The van der Waals surface area contributed by atoms with Gasteiger partial charge in [0.2, 0.25) is 0 Å². The van der Waals surface area contributed by atoms with E-state index in [1.165, 1.54) is 24.5 Å². The molecule has 1 atom stereocenters. The van der Waals surface area contributed by atoms with Crippen molar-refractivity contribution in [2.75, 3.05) is 19.0 Å². The van der Waals surface area contributed by atoms with Gasteiger partial charge in [-0.15, -0.1) is 11.3 Å². The third-order valence-electron chi connectivity index (χ3n) is 2.67. The average Bonchev–Trinajstić information content (AvgIpc) is 2.84. The molecule has 0 saturated carbocycles. The Morgan fingerprint density at radius 3 is 2.84 bits per heavy atom. The number of hydrogen-bond donors (Lipinski definition) is 2. The minimum Gasteiger partial charge on any atom is -0.497 e. The van der Waals surface area contributed by atoms with Gasteiger partial charge < -0.3 is 15.8 Å². The molecule has 0 aliphatic heterocycles. The van der Waals surface area contributed by atoms with E-state index in [1.807, 2.05) is 11.4 Å². The molecule has 3 nitrogen and oxygen atoms in total. The molecule has 0 amide bonds. The van der Waals surface area contributed by atoms with Crippen LogP contribution >= 0.6 is 22.9 Å². The van der Waals surface area contributed by atoms with Crippen molar-refractivity contribution in [3.05, 3.63) is 45.4 Å². The number of nitrogens with two attached hydrogens (primary N) is 1. The lowest BCUT2D eigenvalue weighted by Gasteiger charge is -2.17. The van der Waals surface area contributed by atoms with E-state index >= 15 is 0 Å². The van der Waals surface area contributed by atoms with E-state index in [9.17, 15) is 4.39 Å². The fourth-order valence-electron chi connectivity index (χ4n) is 1.69. The zero-order valence-corrected chi connectivity index (χ0v) is 11.9. The molecule has 1 unspecified atom stereocenters. The van der Waals surface area contributed by atoms with Crippen LogP contribution in [0.1, 0.15) is 10.9 Å². The zero-order chi connectivity index (χ0) is 13.8. The average molecular weight is 301 g/mol. The van der Waals surface area contributed by atoms with Crippen LogP contribution in [-0.4, -0.2) is 13.7 Å². The minimum atomic E-state index is -0.345. The second kappa shape index (κ2) is 6.23. The first kappa shape index (κ1) is 14.1. The number of halogens is 2. The van der Waals surface area contributed by atoms with Crippen molar-refractivity contribution in [2.24, 2.45) is 5.73 Å². The maximum Gasteiger partial charge on any atom is 0.146 e. The minimum absolute atomic E-state index is 0.181. The van der Waals surface area contributed by atoms with Gasteiger partial charge in [0, 0.05) is 22.9 Å².